The van der Waals surface area contributed by atoms with Gasteiger partial charge in [-0.3, -0.25) is 9.88 Å². The van der Waals surface area contributed by atoms with Crippen LogP contribution >= 0.6 is 0 Å². The van der Waals surface area contributed by atoms with E-state index in [4.69, 9.17) is 4.74 Å². The minimum absolute atomic E-state index is 0.114. The number of nitrogens with zero attached hydrogens (tertiary/aromatic N) is 3. The highest BCUT2D eigenvalue weighted by Gasteiger charge is 2.44. The van der Waals surface area contributed by atoms with Gasteiger partial charge in [0, 0.05) is 38.6 Å². The van der Waals surface area contributed by atoms with Crippen LogP contribution in [0.4, 0.5) is 0 Å². The summed E-state index contributed by atoms with van der Waals surface area (Å²) in [5.41, 5.74) is 1.31. The van der Waals surface area contributed by atoms with Gasteiger partial charge in [-0.05, 0) is 55.5 Å². The van der Waals surface area contributed by atoms with Crippen molar-refractivity contribution in [3.63, 3.8) is 0 Å². The third-order valence-electron chi connectivity index (χ3n) is 6.14. The topological polar surface area (TPSA) is 62.7 Å². The van der Waals surface area contributed by atoms with Gasteiger partial charge in [-0.2, -0.15) is 4.31 Å². The average Bonchev–Trinajstić information content (AvgIpc) is 3.11. The molecule has 0 amide bonds. The van der Waals surface area contributed by atoms with Crippen LogP contribution in [0.15, 0.2) is 59.8 Å². The fourth-order valence-electron chi connectivity index (χ4n) is 4.52. The molecule has 0 aliphatic carbocycles. The van der Waals surface area contributed by atoms with Crippen LogP contribution < -0.4 is 0 Å². The zero-order chi connectivity index (χ0) is 20.3. The standard InChI is InChI=1S/C22H29N3O3S/c1-24(16-19-6-5-11-23-15-19)17-20-14-22(18-28-20)9-12-25(13-10-22)29(26,27)21-7-3-2-4-8-21/h2-8,11,15,20H,9-10,12-14,16-18H2,1H3/t20-/m1/s1. The van der Waals surface area contributed by atoms with Crippen molar-refractivity contribution in [1.82, 2.24) is 14.2 Å². The minimum atomic E-state index is -3.40. The molecule has 2 aliphatic rings. The number of likely N-dealkylation sites (N-methyl/N-ethyl adjacent to an activating group) is 1. The Morgan fingerprint density at radius 1 is 1.17 bits per heavy atom. The molecule has 1 aromatic carbocycles. The largest absolute Gasteiger partial charge is 0.376 e. The quantitative estimate of drug-likeness (QED) is 0.726. The van der Waals surface area contributed by atoms with E-state index in [2.05, 4.69) is 23.0 Å². The predicted octanol–water partition coefficient (Wildman–Crippen LogP) is 2.77. The molecule has 2 fully saturated rings. The number of benzene rings is 1. The van der Waals surface area contributed by atoms with Crippen molar-refractivity contribution in [3.8, 4) is 0 Å². The lowest BCUT2D eigenvalue weighted by atomic mass is 9.77. The summed E-state index contributed by atoms with van der Waals surface area (Å²) in [5, 5.41) is 0. The molecule has 3 heterocycles. The fraction of sp³-hybridized carbons (Fsp3) is 0.500. The number of sulfonamides is 1. The van der Waals surface area contributed by atoms with Gasteiger partial charge in [-0.1, -0.05) is 24.3 Å². The molecule has 1 aromatic heterocycles. The predicted molar refractivity (Wildman–Crippen MR) is 112 cm³/mol. The van der Waals surface area contributed by atoms with Gasteiger partial charge < -0.3 is 4.74 Å². The van der Waals surface area contributed by atoms with E-state index in [1.807, 2.05) is 18.3 Å². The Labute approximate surface area is 173 Å². The molecule has 0 radical (unpaired) electrons. The molecule has 0 unspecified atom stereocenters. The number of pyridine rings is 1. The molecule has 7 heteroatoms. The van der Waals surface area contributed by atoms with Gasteiger partial charge in [0.1, 0.15) is 0 Å². The number of hydrogen-bond acceptors (Lipinski definition) is 5. The summed E-state index contributed by atoms with van der Waals surface area (Å²) in [4.78, 5) is 6.83. The third kappa shape index (κ3) is 4.69. The Balaban J connectivity index is 1.30. The normalized spacial score (nSPS) is 22.3. The number of rotatable bonds is 6. The molecule has 29 heavy (non-hydrogen) atoms. The highest BCUT2D eigenvalue weighted by Crippen LogP contribution is 2.43. The lowest BCUT2D eigenvalue weighted by molar-refractivity contribution is 0.0618. The third-order valence-corrected chi connectivity index (χ3v) is 8.05. The van der Waals surface area contributed by atoms with E-state index in [-0.39, 0.29) is 11.5 Å². The molecule has 0 bridgehead atoms. The Kier molecular flexibility index (Phi) is 6.01. The summed E-state index contributed by atoms with van der Waals surface area (Å²) >= 11 is 0. The van der Waals surface area contributed by atoms with E-state index in [1.54, 1.807) is 34.8 Å². The van der Waals surface area contributed by atoms with E-state index in [1.165, 1.54) is 5.56 Å². The van der Waals surface area contributed by atoms with Crippen molar-refractivity contribution >= 4 is 10.0 Å². The number of ether oxygens (including phenoxy) is 1. The van der Waals surface area contributed by atoms with Crippen LogP contribution in [0.1, 0.15) is 24.8 Å². The summed E-state index contributed by atoms with van der Waals surface area (Å²) in [6.07, 6.45) is 6.62. The van der Waals surface area contributed by atoms with Crippen molar-refractivity contribution in [3.05, 3.63) is 60.4 Å². The fourth-order valence-corrected chi connectivity index (χ4v) is 5.98. The maximum absolute atomic E-state index is 12.9. The second-order valence-corrected chi connectivity index (χ2v) is 10.4. The van der Waals surface area contributed by atoms with Gasteiger partial charge in [-0.15, -0.1) is 0 Å². The number of hydrogen-bond donors (Lipinski definition) is 0. The summed E-state index contributed by atoms with van der Waals surface area (Å²) in [6.45, 7) is 3.60. The lowest BCUT2D eigenvalue weighted by Crippen LogP contribution is -2.43. The second kappa shape index (κ2) is 8.52. The Morgan fingerprint density at radius 2 is 1.93 bits per heavy atom. The zero-order valence-electron chi connectivity index (χ0n) is 16.9. The van der Waals surface area contributed by atoms with Gasteiger partial charge in [-0.25, -0.2) is 8.42 Å². The number of piperidine rings is 1. The second-order valence-electron chi connectivity index (χ2n) is 8.41. The molecule has 2 saturated heterocycles. The van der Waals surface area contributed by atoms with Gasteiger partial charge >= 0.3 is 0 Å². The van der Waals surface area contributed by atoms with E-state index < -0.39 is 10.0 Å². The van der Waals surface area contributed by atoms with Crippen LogP contribution in [0.25, 0.3) is 0 Å². The van der Waals surface area contributed by atoms with Crippen LogP contribution in [-0.2, 0) is 21.3 Å². The molecule has 1 atom stereocenters. The SMILES string of the molecule is CN(Cc1cccnc1)C[C@H]1CC2(CCN(S(=O)(=O)c3ccccc3)CC2)CO1. The molecule has 0 N–H and O–H groups in total. The van der Waals surface area contributed by atoms with Crippen LogP contribution in [0.2, 0.25) is 0 Å². The van der Waals surface area contributed by atoms with Crippen LogP contribution in [-0.4, -0.2) is 62.0 Å². The summed E-state index contributed by atoms with van der Waals surface area (Å²) < 4.78 is 33.5. The minimum Gasteiger partial charge on any atom is -0.376 e. The van der Waals surface area contributed by atoms with Crippen LogP contribution in [0.5, 0.6) is 0 Å². The molecule has 4 rings (SSSR count). The molecule has 6 nitrogen and oxygen atoms in total. The molecule has 156 valence electrons. The molecular weight excluding hydrogens is 386 g/mol. The Hall–Kier alpha value is -1.80. The maximum atomic E-state index is 12.9. The van der Waals surface area contributed by atoms with Gasteiger partial charge in [0.2, 0.25) is 10.0 Å². The first-order valence-electron chi connectivity index (χ1n) is 10.2. The zero-order valence-corrected chi connectivity index (χ0v) is 17.7. The van der Waals surface area contributed by atoms with Crippen LogP contribution in [0.3, 0.4) is 0 Å². The van der Waals surface area contributed by atoms with Crippen molar-refractivity contribution in [2.75, 3.05) is 33.3 Å². The van der Waals surface area contributed by atoms with Gasteiger partial charge in [0.25, 0.3) is 0 Å². The van der Waals surface area contributed by atoms with E-state index in [0.29, 0.717) is 18.0 Å². The molecule has 2 aliphatic heterocycles. The first kappa shape index (κ1) is 20.5. The lowest BCUT2D eigenvalue weighted by Gasteiger charge is -2.37. The number of aromatic nitrogens is 1. The molecule has 2 aromatic rings. The van der Waals surface area contributed by atoms with Gasteiger partial charge in [0.15, 0.2) is 0 Å². The summed E-state index contributed by atoms with van der Waals surface area (Å²) in [5.74, 6) is 0. The molecule has 1 spiro atoms. The summed E-state index contributed by atoms with van der Waals surface area (Å²) in [6, 6.07) is 12.8. The summed E-state index contributed by atoms with van der Waals surface area (Å²) in [7, 11) is -1.29. The first-order chi connectivity index (χ1) is 14.0. The van der Waals surface area contributed by atoms with E-state index >= 15 is 0 Å². The van der Waals surface area contributed by atoms with Crippen molar-refractivity contribution < 1.29 is 13.2 Å². The monoisotopic (exact) mass is 415 g/mol. The van der Waals surface area contributed by atoms with Gasteiger partial charge in [0.05, 0.1) is 17.6 Å². The first-order valence-corrected chi connectivity index (χ1v) is 11.7. The maximum Gasteiger partial charge on any atom is 0.243 e. The van der Waals surface area contributed by atoms with Crippen LogP contribution in [0, 0.1) is 5.41 Å². The highest BCUT2D eigenvalue weighted by molar-refractivity contribution is 7.89. The molecular formula is C22H29N3O3S. The van der Waals surface area contributed by atoms with E-state index in [9.17, 15) is 8.42 Å². The Bertz CT molecular complexity index is 897. The van der Waals surface area contributed by atoms with Crippen molar-refractivity contribution in [1.29, 1.82) is 0 Å². The van der Waals surface area contributed by atoms with E-state index in [0.717, 1.165) is 39.0 Å². The molecule has 0 saturated carbocycles. The average molecular weight is 416 g/mol. The van der Waals surface area contributed by atoms with Crippen molar-refractivity contribution in [2.45, 2.75) is 36.8 Å². The van der Waals surface area contributed by atoms with Crippen molar-refractivity contribution in [2.24, 2.45) is 5.41 Å². The Morgan fingerprint density at radius 3 is 2.62 bits per heavy atom. The highest BCUT2D eigenvalue weighted by atomic mass is 32.2. The smallest absolute Gasteiger partial charge is 0.243 e.